The van der Waals surface area contributed by atoms with Gasteiger partial charge in [-0.1, -0.05) is 36.0 Å². The van der Waals surface area contributed by atoms with Crippen molar-refractivity contribution < 1.29 is 14.3 Å². The van der Waals surface area contributed by atoms with Crippen molar-refractivity contribution in [2.45, 2.75) is 58.0 Å². The van der Waals surface area contributed by atoms with Crippen molar-refractivity contribution in [3.05, 3.63) is 27.7 Å². The van der Waals surface area contributed by atoms with E-state index in [1.54, 1.807) is 6.07 Å². The molecule has 1 aromatic rings. The number of rotatable bonds is 6. The maximum atomic E-state index is 12.9. The van der Waals surface area contributed by atoms with Gasteiger partial charge in [-0.2, -0.15) is 0 Å². The Balaban J connectivity index is 1.36. The van der Waals surface area contributed by atoms with E-state index < -0.39 is 0 Å². The Labute approximate surface area is 200 Å². The van der Waals surface area contributed by atoms with Gasteiger partial charge < -0.3 is 15.0 Å². The molecule has 1 aromatic carbocycles. The predicted molar refractivity (Wildman–Crippen MR) is 127 cm³/mol. The molecule has 4 rings (SSSR count). The Morgan fingerprint density at radius 3 is 2.62 bits per heavy atom. The molecule has 0 aromatic heterocycles. The first kappa shape index (κ1) is 23.8. The van der Waals surface area contributed by atoms with Crippen LogP contribution in [-0.4, -0.2) is 60.5 Å². The number of hydrogen-bond donors (Lipinski definition) is 1. The fraction of sp³-hybridized carbons (Fsp3) is 0.667. The molecule has 3 aliphatic rings. The van der Waals surface area contributed by atoms with E-state index in [1.807, 2.05) is 6.07 Å². The molecular formula is C24H33Cl2N3O3. The Bertz CT molecular complexity index is 838. The quantitative estimate of drug-likeness (QED) is 0.645. The summed E-state index contributed by atoms with van der Waals surface area (Å²) in [6.45, 7) is 6.44. The number of carbonyl (C=O) groups is 2. The van der Waals surface area contributed by atoms with E-state index in [-0.39, 0.29) is 23.8 Å². The zero-order chi connectivity index (χ0) is 22.7. The van der Waals surface area contributed by atoms with E-state index in [4.69, 9.17) is 27.9 Å². The van der Waals surface area contributed by atoms with E-state index in [0.29, 0.717) is 41.2 Å². The number of ether oxygens (including phenoxy) is 1. The zero-order valence-corrected chi connectivity index (χ0v) is 20.3. The van der Waals surface area contributed by atoms with Gasteiger partial charge in [0, 0.05) is 62.8 Å². The normalized spacial score (nSPS) is 24.8. The smallest absolute Gasteiger partial charge is 0.226 e. The second-order valence-corrected chi connectivity index (χ2v) is 10.3. The minimum absolute atomic E-state index is 0.0664. The fourth-order valence-electron chi connectivity index (χ4n) is 5.21. The maximum absolute atomic E-state index is 12.9. The van der Waals surface area contributed by atoms with E-state index in [0.717, 1.165) is 51.1 Å². The molecule has 1 aliphatic carbocycles. The van der Waals surface area contributed by atoms with Crippen LogP contribution in [0.3, 0.4) is 0 Å². The summed E-state index contributed by atoms with van der Waals surface area (Å²) in [5, 5.41) is 4.01. The minimum Gasteiger partial charge on any atom is -0.381 e. The SMILES string of the molecule is C[C@H]1CN(Cc2cc(Cl)cc(NC(=O)C[C@H]3CCOC3)c2Cl)CCN1C(=O)C1CCCC1. The van der Waals surface area contributed by atoms with Crippen LogP contribution >= 0.6 is 23.2 Å². The van der Waals surface area contributed by atoms with Crippen LogP contribution < -0.4 is 5.32 Å². The predicted octanol–water partition coefficient (Wildman–Crippen LogP) is 4.58. The van der Waals surface area contributed by atoms with Crippen molar-refractivity contribution in [1.82, 2.24) is 9.80 Å². The first-order valence-electron chi connectivity index (χ1n) is 11.8. The Kier molecular flexibility index (Phi) is 7.98. The molecule has 2 atom stereocenters. The topological polar surface area (TPSA) is 61.9 Å². The third-order valence-electron chi connectivity index (χ3n) is 6.98. The average molecular weight is 482 g/mol. The van der Waals surface area contributed by atoms with E-state index in [1.165, 1.54) is 12.8 Å². The van der Waals surface area contributed by atoms with Crippen molar-refractivity contribution in [3.8, 4) is 0 Å². The van der Waals surface area contributed by atoms with Crippen LogP contribution in [0.15, 0.2) is 12.1 Å². The summed E-state index contributed by atoms with van der Waals surface area (Å²) in [5.74, 6) is 0.738. The second-order valence-electron chi connectivity index (χ2n) is 9.51. The van der Waals surface area contributed by atoms with Crippen LogP contribution in [-0.2, 0) is 20.9 Å². The van der Waals surface area contributed by atoms with Crippen molar-refractivity contribution >= 4 is 40.7 Å². The van der Waals surface area contributed by atoms with Crippen LogP contribution in [0.4, 0.5) is 5.69 Å². The van der Waals surface area contributed by atoms with Gasteiger partial charge in [-0.05, 0) is 49.8 Å². The van der Waals surface area contributed by atoms with Crippen molar-refractivity contribution in [3.63, 3.8) is 0 Å². The summed E-state index contributed by atoms with van der Waals surface area (Å²) in [4.78, 5) is 29.7. The molecule has 176 valence electrons. The number of amides is 2. The monoisotopic (exact) mass is 481 g/mol. The molecule has 1 saturated carbocycles. The molecule has 2 saturated heterocycles. The summed E-state index contributed by atoms with van der Waals surface area (Å²) < 4.78 is 5.36. The Morgan fingerprint density at radius 1 is 1.16 bits per heavy atom. The van der Waals surface area contributed by atoms with Gasteiger partial charge in [-0.15, -0.1) is 0 Å². The number of hydrogen-bond acceptors (Lipinski definition) is 4. The standard InChI is InChI=1S/C24H33Cl2N3O3/c1-16-13-28(7-8-29(16)24(31)18-4-2-3-5-18)14-19-11-20(25)12-21(23(19)26)27-22(30)10-17-6-9-32-15-17/h11-12,16-18H,2-10,13-15H2,1H3,(H,27,30)/t16-,17+/m0/s1. The molecule has 0 unspecified atom stereocenters. The summed E-state index contributed by atoms with van der Waals surface area (Å²) in [6, 6.07) is 3.74. The molecule has 6 nitrogen and oxygen atoms in total. The first-order chi connectivity index (χ1) is 15.4. The summed E-state index contributed by atoms with van der Waals surface area (Å²) in [6.07, 6.45) is 5.75. The van der Waals surface area contributed by atoms with Crippen LogP contribution in [0.2, 0.25) is 10.0 Å². The number of anilines is 1. The average Bonchev–Trinajstić information content (AvgIpc) is 3.45. The highest BCUT2D eigenvalue weighted by atomic mass is 35.5. The molecule has 0 radical (unpaired) electrons. The molecule has 32 heavy (non-hydrogen) atoms. The number of nitrogens with one attached hydrogen (secondary N) is 1. The molecule has 8 heteroatoms. The second kappa shape index (κ2) is 10.7. The summed E-state index contributed by atoms with van der Waals surface area (Å²) >= 11 is 13.0. The van der Waals surface area contributed by atoms with Gasteiger partial charge in [-0.25, -0.2) is 0 Å². The third kappa shape index (κ3) is 5.77. The van der Waals surface area contributed by atoms with E-state index in [2.05, 4.69) is 22.0 Å². The molecular weight excluding hydrogens is 449 g/mol. The minimum atomic E-state index is -0.0664. The van der Waals surface area contributed by atoms with Gasteiger partial charge in [0.2, 0.25) is 11.8 Å². The highest BCUT2D eigenvalue weighted by Crippen LogP contribution is 2.33. The highest BCUT2D eigenvalue weighted by Gasteiger charge is 2.33. The highest BCUT2D eigenvalue weighted by molar-refractivity contribution is 6.36. The van der Waals surface area contributed by atoms with Crippen LogP contribution in [0.5, 0.6) is 0 Å². The van der Waals surface area contributed by atoms with Gasteiger partial charge in [0.1, 0.15) is 0 Å². The number of carbonyl (C=O) groups excluding carboxylic acids is 2. The molecule has 0 spiro atoms. The van der Waals surface area contributed by atoms with Crippen LogP contribution in [0.1, 0.15) is 51.0 Å². The molecule has 3 fully saturated rings. The van der Waals surface area contributed by atoms with Crippen LogP contribution in [0.25, 0.3) is 0 Å². The number of halogens is 2. The van der Waals surface area contributed by atoms with Crippen molar-refractivity contribution in [2.24, 2.45) is 11.8 Å². The zero-order valence-electron chi connectivity index (χ0n) is 18.7. The Morgan fingerprint density at radius 2 is 1.94 bits per heavy atom. The lowest BCUT2D eigenvalue weighted by atomic mass is 10.0. The number of benzene rings is 1. The molecule has 2 heterocycles. The fourth-order valence-corrected chi connectivity index (χ4v) is 5.67. The summed E-state index contributed by atoms with van der Waals surface area (Å²) in [5.41, 5.74) is 1.45. The largest absolute Gasteiger partial charge is 0.381 e. The number of nitrogens with zero attached hydrogens (tertiary/aromatic N) is 2. The molecule has 2 aliphatic heterocycles. The first-order valence-corrected chi connectivity index (χ1v) is 12.5. The van der Waals surface area contributed by atoms with Gasteiger partial charge in [-0.3, -0.25) is 14.5 Å². The van der Waals surface area contributed by atoms with Crippen molar-refractivity contribution in [1.29, 1.82) is 0 Å². The molecule has 0 bridgehead atoms. The molecule has 2 amide bonds. The molecule has 1 N–H and O–H groups in total. The lowest BCUT2D eigenvalue weighted by Gasteiger charge is -2.41. The van der Waals surface area contributed by atoms with E-state index >= 15 is 0 Å². The van der Waals surface area contributed by atoms with Gasteiger partial charge in [0.15, 0.2) is 0 Å². The van der Waals surface area contributed by atoms with E-state index in [9.17, 15) is 9.59 Å². The van der Waals surface area contributed by atoms with Gasteiger partial charge in [0.05, 0.1) is 10.7 Å². The summed E-state index contributed by atoms with van der Waals surface area (Å²) in [7, 11) is 0. The Hall–Kier alpha value is -1.34. The van der Waals surface area contributed by atoms with Crippen molar-refractivity contribution in [2.75, 3.05) is 38.2 Å². The van der Waals surface area contributed by atoms with Gasteiger partial charge >= 0.3 is 0 Å². The van der Waals surface area contributed by atoms with Crippen LogP contribution in [0, 0.1) is 11.8 Å². The maximum Gasteiger partial charge on any atom is 0.226 e. The van der Waals surface area contributed by atoms with Gasteiger partial charge in [0.25, 0.3) is 0 Å². The number of piperazine rings is 1. The lowest BCUT2D eigenvalue weighted by Crippen LogP contribution is -2.54. The third-order valence-corrected chi connectivity index (χ3v) is 7.64. The lowest BCUT2D eigenvalue weighted by molar-refractivity contribution is -0.140.